The van der Waals surface area contributed by atoms with E-state index < -0.39 is 11.7 Å². The van der Waals surface area contributed by atoms with Gasteiger partial charge in [-0.05, 0) is 30.9 Å². The predicted molar refractivity (Wildman–Crippen MR) is 131 cm³/mol. The molecule has 1 saturated carbocycles. The molecule has 1 aliphatic carbocycles. The smallest absolute Gasteiger partial charge is 0.327 e. The number of benzene rings is 2. The number of aliphatic imine (C=N–C) groups is 1. The summed E-state index contributed by atoms with van der Waals surface area (Å²) in [5, 5.41) is 3.30. The van der Waals surface area contributed by atoms with Crippen molar-refractivity contribution >= 4 is 11.7 Å². The molecule has 8 heteroatoms. The van der Waals surface area contributed by atoms with E-state index >= 15 is 0 Å². The number of nitrogens with zero attached hydrogens (tertiary/aromatic N) is 3. The van der Waals surface area contributed by atoms with Crippen molar-refractivity contribution in [1.82, 2.24) is 9.97 Å². The zero-order chi connectivity index (χ0) is 24.6. The van der Waals surface area contributed by atoms with Gasteiger partial charge >= 0.3 is 6.18 Å². The topological polar surface area (TPSA) is 76.2 Å². The average Bonchev–Trinajstić information content (AvgIpc) is 3.21. The van der Waals surface area contributed by atoms with Crippen LogP contribution in [0.25, 0.3) is 11.4 Å². The largest absolute Gasteiger partial charge is 0.417 e. The van der Waals surface area contributed by atoms with E-state index in [-0.39, 0.29) is 29.4 Å². The van der Waals surface area contributed by atoms with Gasteiger partial charge in [0.15, 0.2) is 5.82 Å². The van der Waals surface area contributed by atoms with Crippen LogP contribution in [0.15, 0.2) is 59.6 Å². The highest BCUT2D eigenvalue weighted by Gasteiger charge is 2.35. The van der Waals surface area contributed by atoms with Crippen LogP contribution in [-0.4, -0.2) is 21.8 Å². The molecule has 35 heavy (non-hydrogen) atoms. The Hall–Kier alpha value is -3.26. The number of halogens is 3. The molecule has 2 aromatic carbocycles. The Kier molecular flexibility index (Phi) is 6.32. The standard InChI is InChI=1S/C27H28F3N5/c1-2-22-16-9-3-4-10-17(16)25(32-22)34-24-15-23(19-12-6-8-14-21(19)31)33-26(35-24)18-11-5-7-13-20(18)27(28,29)30/h3-5,7,9-11,13,15,19,21-22H,2,6,8,12,14,31H2,1H3,(H,32,33,34,35). The van der Waals surface area contributed by atoms with Gasteiger partial charge < -0.3 is 11.1 Å². The molecular weight excluding hydrogens is 451 g/mol. The highest BCUT2D eigenvalue weighted by Crippen LogP contribution is 2.38. The summed E-state index contributed by atoms with van der Waals surface area (Å²) in [6, 6.07) is 15.2. The molecule has 0 saturated heterocycles. The molecule has 3 atom stereocenters. The lowest BCUT2D eigenvalue weighted by molar-refractivity contribution is -0.137. The molecule has 1 aliphatic heterocycles. The Morgan fingerprint density at radius 2 is 1.69 bits per heavy atom. The second-order valence-corrected chi connectivity index (χ2v) is 9.21. The summed E-state index contributed by atoms with van der Waals surface area (Å²) in [6.45, 7) is 2.08. The highest BCUT2D eigenvalue weighted by atomic mass is 19.4. The lowest BCUT2D eigenvalue weighted by atomic mass is 9.83. The van der Waals surface area contributed by atoms with Crippen molar-refractivity contribution in [1.29, 1.82) is 0 Å². The fraction of sp³-hybridized carbons (Fsp3) is 0.370. The molecule has 182 valence electrons. The van der Waals surface area contributed by atoms with Crippen molar-refractivity contribution in [2.24, 2.45) is 10.7 Å². The van der Waals surface area contributed by atoms with E-state index in [1.165, 1.54) is 12.1 Å². The zero-order valence-electron chi connectivity index (χ0n) is 19.5. The Labute approximate surface area is 202 Å². The van der Waals surface area contributed by atoms with Gasteiger partial charge in [-0.1, -0.05) is 62.2 Å². The number of alkyl halides is 3. The maximum absolute atomic E-state index is 13.8. The number of nitrogens with two attached hydrogens (primary N) is 1. The van der Waals surface area contributed by atoms with Crippen LogP contribution in [0, 0.1) is 0 Å². The Morgan fingerprint density at radius 3 is 2.43 bits per heavy atom. The minimum absolute atomic E-state index is 0.0344. The SMILES string of the molecule is CCC1N=C(Nc2cc(C3CCCCC3N)nc(-c3ccccc3C(F)(F)F)n2)c2ccccc21. The van der Waals surface area contributed by atoms with E-state index in [0.717, 1.165) is 49.3 Å². The predicted octanol–water partition coefficient (Wildman–Crippen LogP) is 6.47. The summed E-state index contributed by atoms with van der Waals surface area (Å²) < 4.78 is 41.4. The van der Waals surface area contributed by atoms with Crippen molar-refractivity contribution < 1.29 is 13.2 Å². The van der Waals surface area contributed by atoms with Gasteiger partial charge in [0, 0.05) is 29.2 Å². The van der Waals surface area contributed by atoms with Crippen LogP contribution in [0.3, 0.4) is 0 Å². The number of aromatic nitrogens is 2. The number of fused-ring (bicyclic) bond motifs is 1. The monoisotopic (exact) mass is 479 g/mol. The summed E-state index contributed by atoms with van der Waals surface area (Å²) in [5.74, 6) is 1.09. The molecule has 3 N–H and O–H groups in total. The van der Waals surface area contributed by atoms with Crippen LogP contribution in [0.1, 0.15) is 73.4 Å². The number of anilines is 1. The van der Waals surface area contributed by atoms with Gasteiger partial charge in [0.05, 0.1) is 17.3 Å². The van der Waals surface area contributed by atoms with Gasteiger partial charge in [0.25, 0.3) is 0 Å². The Morgan fingerprint density at radius 1 is 0.971 bits per heavy atom. The number of rotatable bonds is 4. The lowest BCUT2D eigenvalue weighted by Crippen LogP contribution is -2.32. The van der Waals surface area contributed by atoms with Crippen LogP contribution in [-0.2, 0) is 6.18 Å². The lowest BCUT2D eigenvalue weighted by Gasteiger charge is -2.28. The molecule has 0 amide bonds. The highest BCUT2D eigenvalue weighted by molar-refractivity contribution is 6.10. The first kappa shape index (κ1) is 23.5. The van der Waals surface area contributed by atoms with Crippen molar-refractivity contribution in [2.45, 2.75) is 63.2 Å². The minimum atomic E-state index is -4.52. The van der Waals surface area contributed by atoms with E-state index in [0.29, 0.717) is 17.3 Å². The van der Waals surface area contributed by atoms with E-state index in [1.807, 2.05) is 24.3 Å². The summed E-state index contributed by atoms with van der Waals surface area (Å²) in [4.78, 5) is 14.0. The minimum Gasteiger partial charge on any atom is -0.327 e. The second kappa shape index (κ2) is 9.41. The summed E-state index contributed by atoms with van der Waals surface area (Å²) in [7, 11) is 0. The maximum atomic E-state index is 13.8. The number of hydrogen-bond donors (Lipinski definition) is 2. The van der Waals surface area contributed by atoms with Gasteiger partial charge in [-0.15, -0.1) is 0 Å². The maximum Gasteiger partial charge on any atom is 0.417 e. The van der Waals surface area contributed by atoms with Crippen LogP contribution >= 0.6 is 0 Å². The molecule has 2 heterocycles. The number of nitrogens with one attached hydrogen (secondary N) is 1. The first-order valence-corrected chi connectivity index (χ1v) is 12.1. The molecule has 5 rings (SSSR count). The van der Waals surface area contributed by atoms with Crippen LogP contribution in [0.5, 0.6) is 0 Å². The third-order valence-corrected chi connectivity index (χ3v) is 6.91. The van der Waals surface area contributed by atoms with Crippen molar-refractivity contribution in [2.75, 3.05) is 5.32 Å². The molecule has 1 fully saturated rings. The number of hydrogen-bond acceptors (Lipinski definition) is 5. The molecule has 2 aliphatic rings. The fourth-order valence-electron chi connectivity index (χ4n) is 5.12. The van der Waals surface area contributed by atoms with Gasteiger partial charge in [-0.2, -0.15) is 13.2 Å². The molecule has 3 unspecified atom stereocenters. The Bertz CT molecular complexity index is 1250. The number of amidine groups is 1. The molecule has 3 aromatic rings. The third kappa shape index (κ3) is 4.67. The third-order valence-electron chi connectivity index (χ3n) is 6.91. The van der Waals surface area contributed by atoms with E-state index in [9.17, 15) is 13.2 Å². The van der Waals surface area contributed by atoms with Gasteiger partial charge in [-0.3, -0.25) is 4.99 Å². The molecule has 1 aromatic heterocycles. The van der Waals surface area contributed by atoms with Gasteiger partial charge in [0.1, 0.15) is 11.7 Å². The normalized spacial score (nSPS) is 22.0. The van der Waals surface area contributed by atoms with Crippen molar-refractivity contribution in [3.63, 3.8) is 0 Å². The van der Waals surface area contributed by atoms with Crippen LogP contribution in [0.2, 0.25) is 0 Å². The molecule has 5 nitrogen and oxygen atoms in total. The van der Waals surface area contributed by atoms with E-state index in [1.54, 1.807) is 6.07 Å². The molecule has 0 radical (unpaired) electrons. The molecule has 0 bridgehead atoms. The van der Waals surface area contributed by atoms with E-state index in [4.69, 9.17) is 10.7 Å². The summed E-state index contributed by atoms with van der Waals surface area (Å²) in [6.07, 6.45) is 0.0945. The first-order valence-electron chi connectivity index (χ1n) is 12.1. The van der Waals surface area contributed by atoms with Crippen LogP contribution in [0.4, 0.5) is 19.0 Å². The van der Waals surface area contributed by atoms with Gasteiger partial charge in [0.2, 0.25) is 0 Å². The first-order chi connectivity index (χ1) is 16.8. The molecular formula is C27H28F3N5. The van der Waals surface area contributed by atoms with Crippen LogP contribution < -0.4 is 11.1 Å². The van der Waals surface area contributed by atoms with Crippen molar-refractivity contribution in [3.8, 4) is 11.4 Å². The molecule has 0 spiro atoms. The summed E-state index contributed by atoms with van der Waals surface area (Å²) >= 11 is 0. The van der Waals surface area contributed by atoms with E-state index in [2.05, 4.69) is 28.3 Å². The summed E-state index contributed by atoms with van der Waals surface area (Å²) in [5.41, 5.74) is 8.40. The quantitative estimate of drug-likeness (QED) is 0.450. The van der Waals surface area contributed by atoms with Gasteiger partial charge in [-0.25, -0.2) is 9.97 Å². The Balaban J connectivity index is 1.61. The second-order valence-electron chi connectivity index (χ2n) is 9.21. The van der Waals surface area contributed by atoms with Crippen molar-refractivity contribution in [3.05, 3.63) is 77.0 Å². The fourth-order valence-corrected chi connectivity index (χ4v) is 5.12. The zero-order valence-corrected chi connectivity index (χ0v) is 19.5. The average molecular weight is 480 g/mol.